The lowest BCUT2D eigenvalue weighted by Gasteiger charge is -2.08. The van der Waals surface area contributed by atoms with Crippen molar-refractivity contribution in [3.05, 3.63) is 57.2 Å². The molecule has 5 heteroatoms. The van der Waals surface area contributed by atoms with Crippen LogP contribution in [0.15, 0.2) is 36.7 Å². The van der Waals surface area contributed by atoms with Crippen LogP contribution in [0.25, 0.3) is 0 Å². The van der Waals surface area contributed by atoms with E-state index in [9.17, 15) is 4.39 Å². The molecule has 1 heterocycles. The molecule has 0 N–H and O–H groups in total. The molecule has 0 saturated carbocycles. The molecule has 20 heavy (non-hydrogen) atoms. The first-order chi connectivity index (χ1) is 9.72. The maximum absolute atomic E-state index is 13.9. The number of nitriles is 1. The van der Waals surface area contributed by atoms with Gasteiger partial charge >= 0.3 is 0 Å². The summed E-state index contributed by atoms with van der Waals surface area (Å²) >= 11 is 1.93. The molecule has 2 rings (SSSR count). The number of halogens is 2. The van der Waals surface area contributed by atoms with E-state index in [0.717, 1.165) is 12.8 Å². The number of aryl methyl sites for hydroxylation is 1. The van der Waals surface area contributed by atoms with Crippen LogP contribution in [0.5, 0.6) is 5.75 Å². The zero-order chi connectivity index (χ0) is 14.4. The summed E-state index contributed by atoms with van der Waals surface area (Å²) in [6, 6.07) is 8.98. The van der Waals surface area contributed by atoms with Gasteiger partial charge in [0, 0.05) is 16.0 Å². The summed E-state index contributed by atoms with van der Waals surface area (Å²) in [5, 5.41) is 8.89. The van der Waals surface area contributed by atoms with Gasteiger partial charge in [0.1, 0.15) is 11.6 Å². The highest BCUT2D eigenvalue weighted by Gasteiger charge is 2.12. The Kier molecular flexibility index (Phi) is 5.30. The van der Waals surface area contributed by atoms with Crippen molar-refractivity contribution in [2.24, 2.45) is 0 Å². The fraction of sp³-hybridized carbons (Fsp3) is 0.200. The molecule has 102 valence electrons. The first-order valence-electron chi connectivity index (χ1n) is 6.12. The number of hydrogen-bond donors (Lipinski definition) is 0. The molecule has 0 atom stereocenters. The maximum Gasteiger partial charge on any atom is 0.183 e. The van der Waals surface area contributed by atoms with Crippen LogP contribution in [0.4, 0.5) is 4.39 Å². The zero-order valence-electron chi connectivity index (χ0n) is 10.6. The molecule has 0 aliphatic rings. The van der Waals surface area contributed by atoms with Crippen molar-refractivity contribution in [1.82, 2.24) is 4.98 Å². The summed E-state index contributed by atoms with van der Waals surface area (Å²) < 4.78 is 19.9. The molecule has 0 amide bonds. The molecular weight excluding hydrogens is 370 g/mol. The van der Waals surface area contributed by atoms with Crippen molar-refractivity contribution in [3.8, 4) is 11.8 Å². The van der Waals surface area contributed by atoms with Crippen molar-refractivity contribution in [1.29, 1.82) is 5.26 Å². The zero-order valence-corrected chi connectivity index (χ0v) is 12.8. The second-order valence-electron chi connectivity index (χ2n) is 4.15. The van der Waals surface area contributed by atoms with Crippen LogP contribution < -0.4 is 4.74 Å². The van der Waals surface area contributed by atoms with E-state index >= 15 is 0 Å². The molecule has 0 bridgehead atoms. The lowest BCUT2D eigenvalue weighted by Crippen LogP contribution is -2.02. The predicted octanol–water partition coefficient (Wildman–Crippen LogP) is 3.71. The summed E-state index contributed by atoms with van der Waals surface area (Å²) in [7, 11) is 0. The molecule has 0 saturated heterocycles. The van der Waals surface area contributed by atoms with Gasteiger partial charge in [-0.1, -0.05) is 0 Å². The summed E-state index contributed by atoms with van der Waals surface area (Å²) in [5.41, 5.74) is 1.21. The van der Waals surface area contributed by atoms with E-state index in [1.54, 1.807) is 24.5 Å². The van der Waals surface area contributed by atoms with Gasteiger partial charge in [-0.25, -0.2) is 4.39 Å². The van der Waals surface area contributed by atoms with Crippen molar-refractivity contribution in [2.75, 3.05) is 6.61 Å². The van der Waals surface area contributed by atoms with Crippen LogP contribution in [0.3, 0.4) is 0 Å². The Morgan fingerprint density at radius 3 is 2.70 bits per heavy atom. The van der Waals surface area contributed by atoms with Gasteiger partial charge < -0.3 is 4.74 Å². The molecule has 3 nitrogen and oxygen atoms in total. The van der Waals surface area contributed by atoms with E-state index in [1.807, 2.05) is 40.8 Å². The summed E-state index contributed by atoms with van der Waals surface area (Å²) in [6.07, 6.45) is 5.11. The quantitative estimate of drug-likeness (QED) is 0.585. The molecule has 0 unspecified atom stereocenters. The number of pyridine rings is 1. The van der Waals surface area contributed by atoms with E-state index in [2.05, 4.69) is 4.98 Å². The van der Waals surface area contributed by atoms with Gasteiger partial charge in [0.05, 0.1) is 6.61 Å². The van der Waals surface area contributed by atoms with Gasteiger partial charge in [0.25, 0.3) is 0 Å². The molecule has 1 aromatic carbocycles. The standard InChI is InChI=1S/C15H12FIN2O/c16-15-12(10-18)13(17)3-4-14(15)20-9-1-2-11-5-7-19-8-6-11/h3-8H,1-2,9H2. The van der Waals surface area contributed by atoms with Crippen molar-refractivity contribution in [2.45, 2.75) is 12.8 Å². The SMILES string of the molecule is N#Cc1c(I)ccc(OCCCc2ccncc2)c1F. The average molecular weight is 382 g/mol. The van der Waals surface area contributed by atoms with Gasteiger partial charge in [-0.2, -0.15) is 5.26 Å². The Balaban J connectivity index is 1.91. The van der Waals surface area contributed by atoms with Gasteiger partial charge in [0.2, 0.25) is 0 Å². The van der Waals surface area contributed by atoms with E-state index in [4.69, 9.17) is 10.00 Å². The first-order valence-corrected chi connectivity index (χ1v) is 7.20. The number of aromatic nitrogens is 1. The second-order valence-corrected chi connectivity index (χ2v) is 5.32. The highest BCUT2D eigenvalue weighted by atomic mass is 127. The van der Waals surface area contributed by atoms with Crippen LogP contribution in [-0.4, -0.2) is 11.6 Å². The van der Waals surface area contributed by atoms with Crippen molar-refractivity contribution in [3.63, 3.8) is 0 Å². The Labute approximate surface area is 130 Å². The molecule has 1 aromatic heterocycles. The Morgan fingerprint density at radius 1 is 1.25 bits per heavy atom. The summed E-state index contributed by atoms with van der Waals surface area (Å²) in [5.74, 6) is -0.444. The van der Waals surface area contributed by atoms with Gasteiger partial charge in [-0.05, 0) is 65.3 Å². The van der Waals surface area contributed by atoms with Gasteiger partial charge in [-0.3, -0.25) is 4.98 Å². The lowest BCUT2D eigenvalue weighted by atomic mass is 10.1. The minimum Gasteiger partial charge on any atom is -0.490 e. The number of benzene rings is 1. The minimum absolute atomic E-state index is 0.0391. The third kappa shape index (κ3) is 3.67. The molecule has 0 radical (unpaired) electrons. The fourth-order valence-electron chi connectivity index (χ4n) is 1.76. The molecule has 2 aromatic rings. The molecular formula is C15H12FIN2O. The first kappa shape index (κ1) is 14.7. The Hall–Kier alpha value is -1.68. The third-order valence-corrected chi connectivity index (χ3v) is 3.68. The molecule has 0 fully saturated rings. The van der Waals surface area contributed by atoms with Crippen LogP contribution in [-0.2, 0) is 6.42 Å². The monoisotopic (exact) mass is 382 g/mol. The molecule has 0 aliphatic heterocycles. The molecule has 0 aliphatic carbocycles. The maximum atomic E-state index is 13.9. The fourth-order valence-corrected chi connectivity index (χ4v) is 2.29. The summed E-state index contributed by atoms with van der Waals surface area (Å²) in [4.78, 5) is 3.95. The van der Waals surface area contributed by atoms with E-state index in [1.165, 1.54) is 5.56 Å². The highest BCUT2D eigenvalue weighted by molar-refractivity contribution is 14.1. The number of nitrogens with zero attached hydrogens (tertiary/aromatic N) is 2. The molecule has 0 spiro atoms. The van der Waals surface area contributed by atoms with Crippen LogP contribution in [0, 0.1) is 20.7 Å². The topological polar surface area (TPSA) is 45.9 Å². The van der Waals surface area contributed by atoms with Crippen molar-refractivity contribution < 1.29 is 9.13 Å². The largest absolute Gasteiger partial charge is 0.490 e. The van der Waals surface area contributed by atoms with Gasteiger partial charge in [0.15, 0.2) is 11.6 Å². The van der Waals surface area contributed by atoms with Crippen LogP contribution >= 0.6 is 22.6 Å². The normalized spacial score (nSPS) is 10.1. The smallest absolute Gasteiger partial charge is 0.183 e. The predicted molar refractivity (Wildman–Crippen MR) is 81.9 cm³/mol. The number of hydrogen-bond acceptors (Lipinski definition) is 3. The second kappa shape index (κ2) is 7.20. The number of ether oxygens (including phenoxy) is 1. The lowest BCUT2D eigenvalue weighted by molar-refractivity contribution is 0.295. The van der Waals surface area contributed by atoms with E-state index in [0.29, 0.717) is 10.2 Å². The van der Waals surface area contributed by atoms with E-state index in [-0.39, 0.29) is 11.3 Å². The Morgan fingerprint density at radius 2 is 2.00 bits per heavy atom. The average Bonchev–Trinajstić information content (AvgIpc) is 2.47. The van der Waals surface area contributed by atoms with E-state index < -0.39 is 5.82 Å². The summed E-state index contributed by atoms with van der Waals surface area (Å²) in [6.45, 7) is 0.407. The third-order valence-electron chi connectivity index (χ3n) is 2.78. The van der Waals surface area contributed by atoms with Crippen LogP contribution in [0.1, 0.15) is 17.5 Å². The van der Waals surface area contributed by atoms with Gasteiger partial charge in [-0.15, -0.1) is 0 Å². The Bertz CT molecular complexity index is 626. The number of rotatable bonds is 5. The highest BCUT2D eigenvalue weighted by Crippen LogP contribution is 2.24. The van der Waals surface area contributed by atoms with Crippen molar-refractivity contribution >= 4 is 22.6 Å². The van der Waals surface area contributed by atoms with Crippen LogP contribution in [0.2, 0.25) is 0 Å². The minimum atomic E-state index is -0.580.